The van der Waals surface area contributed by atoms with Crippen LogP contribution in [0, 0.1) is 0 Å². The van der Waals surface area contributed by atoms with Gasteiger partial charge in [0.15, 0.2) is 0 Å². The van der Waals surface area contributed by atoms with Crippen LogP contribution in [0.4, 0.5) is 5.82 Å². The second-order valence-corrected chi connectivity index (χ2v) is 5.92. The van der Waals surface area contributed by atoms with Gasteiger partial charge < -0.3 is 0 Å². The number of unbranched alkanes of at least 4 members (excludes halogenated alkanes) is 1. The van der Waals surface area contributed by atoms with Crippen molar-refractivity contribution in [3.63, 3.8) is 0 Å². The molecular weight excluding hydrogens is 318 g/mol. The normalized spacial score (nSPS) is 14.1. The molecule has 1 aromatic carbocycles. The minimum Gasteiger partial charge on any atom is -0.272 e. The van der Waals surface area contributed by atoms with E-state index in [4.69, 9.17) is 0 Å². The van der Waals surface area contributed by atoms with Crippen molar-refractivity contribution in [2.45, 2.75) is 32.4 Å². The first-order valence-electron chi connectivity index (χ1n) is 7.18. The highest BCUT2D eigenvalue weighted by Crippen LogP contribution is 2.18. The van der Waals surface area contributed by atoms with Crippen molar-refractivity contribution in [3.8, 4) is 0 Å². The number of hydrogen-bond acceptors (Lipinski definition) is 2. The van der Waals surface area contributed by atoms with Crippen molar-refractivity contribution in [2.75, 3.05) is 17.2 Å². The van der Waals surface area contributed by atoms with Crippen LogP contribution in [0.2, 0.25) is 0 Å². The van der Waals surface area contributed by atoms with Crippen molar-refractivity contribution in [3.05, 3.63) is 34.6 Å². The molecule has 0 unspecified atom stereocenters. The summed E-state index contributed by atoms with van der Waals surface area (Å²) in [5.41, 5.74) is 0.127. The van der Waals surface area contributed by atoms with E-state index in [0.717, 1.165) is 60.8 Å². The minimum atomic E-state index is 0.127. The summed E-state index contributed by atoms with van der Waals surface area (Å²) < 4.78 is 4.04. The zero-order valence-electron chi connectivity index (χ0n) is 11.4. The molecule has 0 saturated carbocycles. The van der Waals surface area contributed by atoms with E-state index >= 15 is 0 Å². The number of aromatic nitrogens is 2. The Balaban J connectivity index is 2.17. The highest BCUT2D eigenvalue weighted by atomic mass is 79.9. The van der Waals surface area contributed by atoms with Gasteiger partial charge in [-0.05, 0) is 25.0 Å². The topological polar surface area (TPSA) is 37.9 Å². The Labute approximate surface area is 126 Å². The summed E-state index contributed by atoms with van der Waals surface area (Å²) in [4.78, 5) is 12.7. The van der Waals surface area contributed by atoms with Crippen molar-refractivity contribution >= 4 is 32.5 Å². The molecule has 1 aliphatic heterocycles. The van der Waals surface area contributed by atoms with E-state index in [9.17, 15) is 4.79 Å². The minimum absolute atomic E-state index is 0.127. The SMILES string of the molecule is O=c1c2ccccc2c2[n+](n1CCCCBr)CCCN2. The summed E-state index contributed by atoms with van der Waals surface area (Å²) in [5.74, 6) is 1.09. The van der Waals surface area contributed by atoms with Crippen LogP contribution in [0.1, 0.15) is 19.3 Å². The molecule has 3 rings (SSSR count). The van der Waals surface area contributed by atoms with Crippen LogP contribution in [0.3, 0.4) is 0 Å². The van der Waals surface area contributed by atoms with Gasteiger partial charge in [0.05, 0.1) is 23.9 Å². The maximum atomic E-state index is 12.7. The van der Waals surface area contributed by atoms with Crippen molar-refractivity contribution in [1.29, 1.82) is 0 Å². The molecule has 0 radical (unpaired) electrons. The second kappa shape index (κ2) is 5.95. The first-order chi connectivity index (χ1) is 9.83. The maximum absolute atomic E-state index is 12.7. The quantitative estimate of drug-likeness (QED) is 0.528. The molecule has 2 heterocycles. The lowest BCUT2D eigenvalue weighted by atomic mass is 10.1. The van der Waals surface area contributed by atoms with E-state index in [2.05, 4.69) is 25.9 Å². The van der Waals surface area contributed by atoms with Crippen LogP contribution < -0.4 is 15.6 Å². The van der Waals surface area contributed by atoms with E-state index < -0.39 is 0 Å². The molecule has 2 aromatic rings. The first-order valence-corrected chi connectivity index (χ1v) is 8.30. The molecule has 0 fully saturated rings. The van der Waals surface area contributed by atoms with E-state index in [0.29, 0.717) is 0 Å². The number of fused-ring (bicyclic) bond motifs is 3. The fraction of sp³-hybridized carbons (Fsp3) is 0.467. The van der Waals surface area contributed by atoms with Gasteiger partial charge in [-0.3, -0.25) is 10.1 Å². The van der Waals surface area contributed by atoms with Crippen LogP contribution in [0.15, 0.2) is 29.1 Å². The van der Waals surface area contributed by atoms with Crippen LogP contribution in [-0.2, 0) is 13.1 Å². The van der Waals surface area contributed by atoms with Crippen LogP contribution in [-0.4, -0.2) is 16.6 Å². The second-order valence-electron chi connectivity index (χ2n) is 5.12. The predicted molar refractivity (Wildman–Crippen MR) is 84.5 cm³/mol. The van der Waals surface area contributed by atoms with E-state index in [1.165, 1.54) is 0 Å². The Morgan fingerprint density at radius 1 is 1.25 bits per heavy atom. The molecule has 0 saturated heterocycles. The van der Waals surface area contributed by atoms with E-state index in [1.54, 1.807) is 0 Å². The molecule has 106 valence electrons. The molecule has 20 heavy (non-hydrogen) atoms. The van der Waals surface area contributed by atoms with Crippen molar-refractivity contribution in [1.82, 2.24) is 4.68 Å². The number of hydrogen-bond donors (Lipinski definition) is 1. The summed E-state index contributed by atoms with van der Waals surface area (Å²) in [6.45, 7) is 2.67. The summed E-state index contributed by atoms with van der Waals surface area (Å²) in [6.07, 6.45) is 3.17. The van der Waals surface area contributed by atoms with Crippen LogP contribution in [0.25, 0.3) is 10.8 Å². The van der Waals surface area contributed by atoms with Gasteiger partial charge in [0.25, 0.3) is 5.56 Å². The Morgan fingerprint density at radius 2 is 2.05 bits per heavy atom. The van der Waals surface area contributed by atoms with E-state index in [-0.39, 0.29) is 5.56 Å². The molecule has 1 N–H and O–H groups in total. The van der Waals surface area contributed by atoms with Gasteiger partial charge in [-0.1, -0.05) is 28.1 Å². The number of nitrogens with one attached hydrogen (secondary N) is 1. The molecule has 0 aliphatic carbocycles. The molecule has 4 nitrogen and oxygen atoms in total. The molecule has 5 heteroatoms. The summed E-state index contributed by atoms with van der Waals surface area (Å²) in [6, 6.07) is 7.89. The van der Waals surface area contributed by atoms with E-state index in [1.807, 2.05) is 28.9 Å². The zero-order valence-corrected chi connectivity index (χ0v) is 13.0. The van der Waals surface area contributed by atoms with Gasteiger partial charge in [0.2, 0.25) is 0 Å². The molecule has 1 aliphatic rings. The van der Waals surface area contributed by atoms with Gasteiger partial charge in [-0.25, -0.2) is 0 Å². The number of halogens is 1. The lowest BCUT2D eigenvalue weighted by molar-refractivity contribution is -0.770. The molecule has 0 amide bonds. The number of alkyl halides is 1. The molecule has 0 spiro atoms. The fourth-order valence-electron chi connectivity index (χ4n) is 2.82. The van der Waals surface area contributed by atoms with Crippen LogP contribution in [0.5, 0.6) is 0 Å². The zero-order chi connectivity index (χ0) is 13.9. The molecule has 0 atom stereocenters. The highest BCUT2D eigenvalue weighted by Gasteiger charge is 2.24. The summed E-state index contributed by atoms with van der Waals surface area (Å²) >= 11 is 3.45. The van der Waals surface area contributed by atoms with Crippen LogP contribution >= 0.6 is 15.9 Å². The Kier molecular flexibility index (Phi) is 4.05. The number of anilines is 1. The summed E-state index contributed by atoms with van der Waals surface area (Å²) in [7, 11) is 0. The Hall–Kier alpha value is -1.36. The van der Waals surface area contributed by atoms with Gasteiger partial charge in [-0.15, -0.1) is 0 Å². The smallest absolute Gasteiger partial charge is 0.272 e. The van der Waals surface area contributed by atoms with Crippen molar-refractivity contribution < 1.29 is 4.68 Å². The maximum Gasteiger partial charge on any atom is 0.301 e. The molecule has 0 bridgehead atoms. The Morgan fingerprint density at radius 3 is 2.85 bits per heavy atom. The van der Waals surface area contributed by atoms with Gasteiger partial charge in [0, 0.05) is 11.8 Å². The van der Waals surface area contributed by atoms with Gasteiger partial charge in [-0.2, -0.15) is 9.36 Å². The third kappa shape index (κ3) is 2.35. The number of nitrogens with zero attached hydrogens (tertiary/aromatic N) is 2. The average Bonchev–Trinajstić information content (AvgIpc) is 2.51. The van der Waals surface area contributed by atoms with Gasteiger partial charge in [0.1, 0.15) is 6.54 Å². The lowest BCUT2D eigenvalue weighted by Crippen LogP contribution is -2.56. The highest BCUT2D eigenvalue weighted by molar-refractivity contribution is 9.09. The van der Waals surface area contributed by atoms with Gasteiger partial charge >= 0.3 is 5.82 Å². The standard InChI is InChI=1S/C15H18BrN3O/c16-8-3-4-10-19-15(20)13-7-2-1-6-12(13)14-17-9-5-11-18(14)19/h1-2,6-7H,3-5,8-11H2/p+1. The monoisotopic (exact) mass is 336 g/mol. The first kappa shape index (κ1) is 13.6. The largest absolute Gasteiger partial charge is 0.301 e. The number of benzene rings is 1. The fourth-order valence-corrected chi connectivity index (χ4v) is 3.21. The van der Waals surface area contributed by atoms with Crippen molar-refractivity contribution in [2.24, 2.45) is 0 Å². The number of rotatable bonds is 4. The predicted octanol–water partition coefficient (Wildman–Crippen LogP) is 2.28. The average molecular weight is 337 g/mol. The third-order valence-corrected chi connectivity index (χ3v) is 4.35. The molecular formula is C15H19BrN3O+. The Bertz CT molecular complexity index is 681. The summed E-state index contributed by atoms with van der Waals surface area (Å²) in [5, 5.41) is 6.29. The third-order valence-electron chi connectivity index (χ3n) is 3.79. The molecule has 1 aromatic heterocycles. The lowest BCUT2D eigenvalue weighted by Gasteiger charge is -2.19.